The van der Waals surface area contributed by atoms with E-state index < -0.39 is 5.97 Å². The maximum absolute atomic E-state index is 11.7. The molecule has 4 rings (SSSR count). The summed E-state index contributed by atoms with van der Waals surface area (Å²) in [6.45, 7) is 2.01. The first-order valence-electron chi connectivity index (χ1n) is 8.34. The second-order valence-electron chi connectivity index (χ2n) is 6.05. The first-order chi connectivity index (χ1) is 13.5. The Morgan fingerprint density at radius 3 is 2.71 bits per heavy atom. The highest BCUT2D eigenvalue weighted by Crippen LogP contribution is 2.33. The lowest BCUT2D eigenvalue weighted by Gasteiger charge is -2.02. The summed E-state index contributed by atoms with van der Waals surface area (Å²) in [6, 6.07) is 16.8. The summed E-state index contributed by atoms with van der Waals surface area (Å²) in [7, 11) is 0. The van der Waals surface area contributed by atoms with Gasteiger partial charge in [-0.3, -0.25) is 0 Å². The second kappa shape index (κ2) is 7.69. The van der Waals surface area contributed by atoms with E-state index in [-0.39, 0.29) is 10.1 Å². The van der Waals surface area contributed by atoms with Crippen molar-refractivity contribution in [2.24, 2.45) is 0 Å². The molecule has 0 fully saturated rings. The third-order valence-corrected chi connectivity index (χ3v) is 5.49. The summed E-state index contributed by atoms with van der Waals surface area (Å²) in [4.78, 5) is 16.0. The molecule has 0 spiro atoms. The third kappa shape index (κ3) is 3.90. The fraction of sp³-hybridized carbons (Fsp3) is 0.0476. The Hall–Kier alpha value is -2.77. The summed E-state index contributed by atoms with van der Waals surface area (Å²) in [5, 5.41) is 9.83. The molecule has 0 saturated heterocycles. The summed E-state index contributed by atoms with van der Waals surface area (Å²) in [5.74, 6) is -0.0000606. The molecule has 0 atom stereocenters. The molecule has 28 heavy (non-hydrogen) atoms. The highest BCUT2D eigenvalue weighted by molar-refractivity contribution is 9.10. The van der Waals surface area contributed by atoms with E-state index in [1.807, 2.05) is 49.4 Å². The zero-order valence-electron chi connectivity index (χ0n) is 14.7. The van der Waals surface area contributed by atoms with Gasteiger partial charge in [0, 0.05) is 16.1 Å². The number of halogens is 1. The highest BCUT2D eigenvalue weighted by atomic mass is 79.9. The molecule has 2 heterocycles. The van der Waals surface area contributed by atoms with Crippen LogP contribution >= 0.6 is 27.7 Å². The van der Waals surface area contributed by atoms with E-state index in [1.165, 1.54) is 6.08 Å². The van der Waals surface area contributed by atoms with Crippen LogP contribution < -0.4 is 0 Å². The van der Waals surface area contributed by atoms with E-state index in [2.05, 4.69) is 20.9 Å². The van der Waals surface area contributed by atoms with E-state index in [4.69, 9.17) is 8.83 Å². The number of hydrogen-bond donors (Lipinski definition) is 1. The number of thioether (sulfide) groups is 1. The molecule has 0 amide bonds. The number of benzene rings is 2. The monoisotopic (exact) mass is 455 g/mol. The van der Waals surface area contributed by atoms with E-state index in [1.54, 1.807) is 12.1 Å². The third-order valence-electron chi connectivity index (χ3n) is 3.97. The number of oxazole rings is 1. The van der Waals surface area contributed by atoms with Crippen molar-refractivity contribution in [3.63, 3.8) is 0 Å². The lowest BCUT2D eigenvalue weighted by molar-refractivity contribution is -0.131. The van der Waals surface area contributed by atoms with Crippen LogP contribution in [0, 0.1) is 6.92 Å². The van der Waals surface area contributed by atoms with Gasteiger partial charge in [0.05, 0.1) is 0 Å². The Bertz CT molecular complexity index is 1180. The van der Waals surface area contributed by atoms with Crippen LogP contribution in [0.5, 0.6) is 0 Å². The van der Waals surface area contributed by atoms with Gasteiger partial charge in [0.15, 0.2) is 5.58 Å². The number of carboxylic acids is 1. The normalized spacial score (nSPS) is 11.9. The largest absolute Gasteiger partial charge is 0.477 e. The predicted molar refractivity (Wildman–Crippen MR) is 112 cm³/mol. The molecule has 140 valence electrons. The lowest BCUT2D eigenvalue weighted by Crippen LogP contribution is -1.96. The number of aryl methyl sites for hydroxylation is 1. The van der Waals surface area contributed by atoms with Crippen LogP contribution in [0.2, 0.25) is 0 Å². The van der Waals surface area contributed by atoms with E-state index in [9.17, 15) is 9.90 Å². The molecule has 0 aliphatic rings. The molecule has 0 saturated carbocycles. The molecule has 1 N–H and O–H groups in total. The molecule has 2 aromatic carbocycles. The number of aromatic nitrogens is 1. The van der Waals surface area contributed by atoms with Crippen molar-refractivity contribution < 1.29 is 18.7 Å². The van der Waals surface area contributed by atoms with E-state index in [0.29, 0.717) is 22.6 Å². The van der Waals surface area contributed by atoms with Crippen molar-refractivity contribution >= 4 is 50.8 Å². The number of furan rings is 1. The van der Waals surface area contributed by atoms with Crippen LogP contribution in [-0.2, 0) is 4.79 Å². The number of rotatable bonds is 5. The quantitative estimate of drug-likeness (QED) is 0.278. The Kier molecular flexibility index (Phi) is 5.11. The smallest absolute Gasteiger partial charge is 0.342 e. The number of para-hydroxylation sites is 2. The van der Waals surface area contributed by atoms with Gasteiger partial charge >= 0.3 is 5.97 Å². The zero-order chi connectivity index (χ0) is 19.7. The zero-order valence-corrected chi connectivity index (χ0v) is 17.1. The molecule has 0 aliphatic heterocycles. The molecule has 4 aromatic rings. The fourth-order valence-electron chi connectivity index (χ4n) is 2.65. The highest BCUT2D eigenvalue weighted by Gasteiger charge is 2.16. The molecule has 0 unspecified atom stereocenters. The molecule has 0 radical (unpaired) electrons. The average molecular weight is 456 g/mol. The SMILES string of the molecule is Cc1ccc(-c2ccc(/C=C(\Sc3nc4ccccc4o3)C(=O)O)o2)c(Br)c1. The summed E-state index contributed by atoms with van der Waals surface area (Å²) in [5.41, 5.74) is 3.32. The predicted octanol–water partition coefficient (Wildman–Crippen LogP) is 6.38. The van der Waals surface area contributed by atoms with Crippen LogP contribution in [0.4, 0.5) is 0 Å². The van der Waals surface area contributed by atoms with Crippen molar-refractivity contribution in [1.29, 1.82) is 0 Å². The number of aliphatic carboxylic acids is 1. The Labute approximate surface area is 173 Å². The first kappa shape index (κ1) is 18.6. The standard InChI is InChI=1S/C21H14BrNO4S/c1-12-6-8-14(15(22)10-12)17-9-7-13(26-17)11-19(20(24)25)28-21-23-16-4-2-3-5-18(16)27-21/h2-11H,1H3,(H,24,25)/b19-11-. The van der Waals surface area contributed by atoms with Crippen molar-refractivity contribution in [2.45, 2.75) is 12.1 Å². The minimum atomic E-state index is -1.08. The Morgan fingerprint density at radius 2 is 1.96 bits per heavy atom. The van der Waals surface area contributed by atoms with Crippen LogP contribution in [0.3, 0.4) is 0 Å². The van der Waals surface area contributed by atoms with Crippen LogP contribution in [-0.4, -0.2) is 16.1 Å². The van der Waals surface area contributed by atoms with Gasteiger partial charge in [0.1, 0.15) is 21.9 Å². The van der Waals surface area contributed by atoms with Gasteiger partial charge in [-0.2, -0.15) is 0 Å². The van der Waals surface area contributed by atoms with Crippen LogP contribution in [0.1, 0.15) is 11.3 Å². The van der Waals surface area contributed by atoms with Gasteiger partial charge in [-0.1, -0.05) is 34.1 Å². The topological polar surface area (TPSA) is 76.5 Å². The molecular formula is C21H14BrNO4S. The summed E-state index contributed by atoms with van der Waals surface area (Å²) < 4.78 is 12.3. The maximum Gasteiger partial charge on any atom is 0.342 e. The number of carbonyl (C=O) groups is 1. The molecule has 2 aromatic heterocycles. The molecule has 5 nitrogen and oxygen atoms in total. The molecule has 7 heteroatoms. The molecule has 0 aliphatic carbocycles. The first-order valence-corrected chi connectivity index (χ1v) is 9.95. The van der Waals surface area contributed by atoms with Crippen molar-refractivity contribution in [2.75, 3.05) is 0 Å². The van der Waals surface area contributed by atoms with Crippen LogP contribution in [0.15, 0.2) is 78.0 Å². The Balaban J connectivity index is 1.63. The molecular weight excluding hydrogens is 442 g/mol. The minimum absolute atomic E-state index is 0.0513. The Morgan fingerprint density at radius 1 is 1.14 bits per heavy atom. The molecule has 0 bridgehead atoms. The fourth-order valence-corrected chi connectivity index (χ4v) is 4.06. The van der Waals surface area contributed by atoms with Gasteiger partial charge < -0.3 is 13.9 Å². The van der Waals surface area contributed by atoms with Crippen molar-refractivity contribution in [1.82, 2.24) is 4.98 Å². The summed E-state index contributed by atoms with van der Waals surface area (Å²) in [6.07, 6.45) is 1.47. The lowest BCUT2D eigenvalue weighted by atomic mass is 10.1. The van der Waals surface area contributed by atoms with E-state index >= 15 is 0 Å². The van der Waals surface area contributed by atoms with Gasteiger partial charge in [-0.25, -0.2) is 9.78 Å². The number of nitrogens with zero attached hydrogens (tertiary/aromatic N) is 1. The van der Waals surface area contributed by atoms with Gasteiger partial charge in [-0.05, 0) is 60.6 Å². The number of fused-ring (bicyclic) bond motifs is 1. The van der Waals surface area contributed by atoms with Crippen molar-refractivity contribution in [3.8, 4) is 11.3 Å². The van der Waals surface area contributed by atoms with E-state index in [0.717, 1.165) is 27.4 Å². The van der Waals surface area contributed by atoms with Gasteiger partial charge in [-0.15, -0.1) is 0 Å². The van der Waals surface area contributed by atoms with Crippen LogP contribution in [0.25, 0.3) is 28.5 Å². The second-order valence-corrected chi connectivity index (χ2v) is 7.90. The minimum Gasteiger partial charge on any atom is -0.477 e. The number of carboxylic acid groups (broad SMARTS) is 1. The average Bonchev–Trinajstić information content (AvgIpc) is 3.27. The maximum atomic E-state index is 11.7. The number of hydrogen-bond acceptors (Lipinski definition) is 5. The van der Waals surface area contributed by atoms with Gasteiger partial charge in [0.25, 0.3) is 5.22 Å². The summed E-state index contributed by atoms with van der Waals surface area (Å²) >= 11 is 4.48. The van der Waals surface area contributed by atoms with Gasteiger partial charge in [0.2, 0.25) is 0 Å². The van der Waals surface area contributed by atoms with Crippen molar-refractivity contribution in [3.05, 3.63) is 75.3 Å².